The van der Waals surface area contributed by atoms with Gasteiger partial charge < -0.3 is 20.1 Å². The summed E-state index contributed by atoms with van der Waals surface area (Å²) in [5.74, 6) is -0.894. The number of nitrogens with one attached hydrogen (secondary N) is 2. The first kappa shape index (κ1) is 22.1. The Balaban J connectivity index is 1.70. The molecule has 1 saturated heterocycles. The Morgan fingerprint density at radius 2 is 2.07 bits per heavy atom. The van der Waals surface area contributed by atoms with Crippen LogP contribution in [0.3, 0.4) is 0 Å². The number of aromatic nitrogens is 2. The molecular weight excluding hydrogens is 425 g/mol. The van der Waals surface area contributed by atoms with Crippen molar-refractivity contribution in [1.29, 1.82) is 0 Å². The van der Waals surface area contributed by atoms with Crippen LogP contribution in [0.4, 0.5) is 29.6 Å². The van der Waals surface area contributed by atoms with E-state index in [9.17, 15) is 18.0 Å². The molecule has 162 valence electrons. The van der Waals surface area contributed by atoms with Gasteiger partial charge in [0.2, 0.25) is 5.95 Å². The lowest BCUT2D eigenvalue weighted by atomic mass is 10.0. The monoisotopic (exact) mass is 444 g/mol. The van der Waals surface area contributed by atoms with Gasteiger partial charge in [0.15, 0.2) is 11.4 Å². The van der Waals surface area contributed by atoms with E-state index >= 15 is 0 Å². The van der Waals surface area contributed by atoms with Crippen molar-refractivity contribution in [3.63, 3.8) is 0 Å². The Morgan fingerprint density at radius 1 is 1.33 bits per heavy atom. The number of halogens is 4. The lowest BCUT2D eigenvalue weighted by Crippen LogP contribution is -2.34. The summed E-state index contributed by atoms with van der Waals surface area (Å²) in [5, 5.41) is 5.58. The summed E-state index contributed by atoms with van der Waals surface area (Å²) in [6.07, 6.45) is -3.51. The van der Waals surface area contributed by atoms with Crippen LogP contribution in [0.25, 0.3) is 0 Å². The molecule has 11 heteroatoms. The Hall–Kier alpha value is -2.59. The maximum absolute atomic E-state index is 13.4. The highest BCUT2D eigenvalue weighted by atomic mass is 35.5. The van der Waals surface area contributed by atoms with E-state index in [4.69, 9.17) is 21.1 Å². The zero-order valence-electron chi connectivity index (χ0n) is 16.1. The molecule has 30 heavy (non-hydrogen) atoms. The van der Waals surface area contributed by atoms with Crippen LogP contribution in [-0.4, -0.2) is 35.8 Å². The molecule has 0 aliphatic carbocycles. The Labute approximate surface area is 175 Å². The van der Waals surface area contributed by atoms with Crippen molar-refractivity contribution in [1.82, 2.24) is 15.3 Å². The number of nitrogens with zero attached hydrogens (tertiary/aromatic N) is 2. The van der Waals surface area contributed by atoms with E-state index in [1.807, 2.05) is 0 Å². The van der Waals surface area contributed by atoms with Gasteiger partial charge in [-0.05, 0) is 43.4 Å². The normalized spacial score (nSPS) is 15.0. The van der Waals surface area contributed by atoms with Gasteiger partial charge in [0.25, 0.3) is 0 Å². The Kier molecular flexibility index (Phi) is 6.99. The fourth-order valence-corrected chi connectivity index (χ4v) is 3.00. The number of rotatable bonds is 5. The van der Waals surface area contributed by atoms with Crippen molar-refractivity contribution in [2.24, 2.45) is 5.92 Å². The average Bonchev–Trinajstić information content (AvgIpc) is 2.70. The third-order valence-corrected chi connectivity index (χ3v) is 4.94. The van der Waals surface area contributed by atoms with Gasteiger partial charge in [0.05, 0.1) is 6.20 Å². The standard InChI is InChI=1S/C19H20ClF3N4O3/c1-11-2-3-13(8-14(11)20)26-17-24-10-15(16(27-17)19(21,22)23)30-18(28)25-9-12-4-6-29-7-5-12/h2-3,8,10,12H,4-7,9H2,1H3,(H,25,28)(H,24,26,27). The van der Waals surface area contributed by atoms with Gasteiger partial charge in [-0.25, -0.2) is 14.8 Å². The molecule has 0 saturated carbocycles. The molecule has 2 heterocycles. The van der Waals surface area contributed by atoms with Gasteiger partial charge in [-0.3, -0.25) is 0 Å². The van der Waals surface area contributed by atoms with Crippen LogP contribution < -0.4 is 15.4 Å². The molecule has 1 fully saturated rings. The molecule has 1 amide bonds. The highest BCUT2D eigenvalue weighted by Gasteiger charge is 2.38. The van der Waals surface area contributed by atoms with Gasteiger partial charge in [-0.2, -0.15) is 13.2 Å². The number of carbonyl (C=O) groups is 1. The molecule has 1 aromatic heterocycles. The Morgan fingerprint density at radius 3 is 2.73 bits per heavy atom. The lowest BCUT2D eigenvalue weighted by Gasteiger charge is -2.22. The molecule has 0 radical (unpaired) electrons. The highest BCUT2D eigenvalue weighted by Crippen LogP contribution is 2.35. The highest BCUT2D eigenvalue weighted by molar-refractivity contribution is 6.31. The minimum Gasteiger partial charge on any atom is -0.406 e. The van der Waals surface area contributed by atoms with E-state index in [1.165, 1.54) is 0 Å². The van der Waals surface area contributed by atoms with Crippen molar-refractivity contribution >= 4 is 29.3 Å². The predicted octanol–water partition coefficient (Wildman–Crippen LogP) is 4.72. The SMILES string of the molecule is Cc1ccc(Nc2ncc(OC(=O)NCC3CCOCC3)c(C(F)(F)F)n2)cc1Cl. The van der Waals surface area contributed by atoms with Crippen molar-refractivity contribution in [3.05, 3.63) is 40.7 Å². The second-order valence-corrected chi connectivity index (χ2v) is 7.23. The first-order valence-corrected chi connectivity index (χ1v) is 9.61. The smallest absolute Gasteiger partial charge is 0.406 e. The van der Waals surface area contributed by atoms with E-state index in [1.54, 1.807) is 25.1 Å². The lowest BCUT2D eigenvalue weighted by molar-refractivity contribution is -0.142. The van der Waals surface area contributed by atoms with Crippen molar-refractivity contribution in [3.8, 4) is 5.75 Å². The number of amides is 1. The number of ether oxygens (including phenoxy) is 2. The van der Waals surface area contributed by atoms with Crippen molar-refractivity contribution in [2.75, 3.05) is 25.1 Å². The summed E-state index contributed by atoms with van der Waals surface area (Å²) in [6, 6.07) is 4.88. The number of hydrogen-bond donors (Lipinski definition) is 2. The number of carbonyl (C=O) groups excluding carboxylic acids is 1. The first-order chi connectivity index (χ1) is 14.2. The summed E-state index contributed by atoms with van der Waals surface area (Å²) in [4.78, 5) is 19.3. The summed E-state index contributed by atoms with van der Waals surface area (Å²) in [5.41, 5.74) is -0.129. The zero-order valence-corrected chi connectivity index (χ0v) is 16.8. The molecular formula is C19H20ClF3N4O3. The third kappa shape index (κ3) is 5.96. The van der Waals surface area contributed by atoms with Gasteiger partial charge in [0.1, 0.15) is 0 Å². The minimum atomic E-state index is -4.85. The molecule has 7 nitrogen and oxygen atoms in total. The third-order valence-electron chi connectivity index (χ3n) is 4.53. The van der Waals surface area contributed by atoms with E-state index in [0.717, 1.165) is 24.6 Å². The van der Waals surface area contributed by atoms with Crippen LogP contribution in [-0.2, 0) is 10.9 Å². The van der Waals surface area contributed by atoms with Crippen LogP contribution in [0.1, 0.15) is 24.1 Å². The van der Waals surface area contributed by atoms with Gasteiger partial charge in [-0.15, -0.1) is 0 Å². The topological polar surface area (TPSA) is 85.4 Å². The fraction of sp³-hybridized carbons (Fsp3) is 0.421. The Bertz CT molecular complexity index is 905. The quantitative estimate of drug-likeness (QED) is 0.694. The number of aryl methyl sites for hydroxylation is 1. The van der Waals surface area contributed by atoms with Gasteiger partial charge >= 0.3 is 12.3 Å². The van der Waals surface area contributed by atoms with Crippen molar-refractivity contribution in [2.45, 2.75) is 25.9 Å². The second-order valence-electron chi connectivity index (χ2n) is 6.82. The molecule has 3 rings (SSSR count). The van der Waals surface area contributed by atoms with Crippen LogP contribution in [0.2, 0.25) is 5.02 Å². The van der Waals surface area contributed by atoms with Crippen LogP contribution in [0, 0.1) is 12.8 Å². The molecule has 1 aromatic carbocycles. The van der Waals surface area contributed by atoms with Crippen molar-refractivity contribution < 1.29 is 27.4 Å². The molecule has 0 unspecified atom stereocenters. The largest absolute Gasteiger partial charge is 0.437 e. The number of anilines is 2. The van der Waals surface area contributed by atoms with Crippen LogP contribution in [0.5, 0.6) is 5.75 Å². The molecule has 0 bridgehead atoms. The van der Waals surface area contributed by atoms with E-state index in [-0.39, 0.29) is 18.4 Å². The summed E-state index contributed by atoms with van der Waals surface area (Å²) in [6.45, 7) is 3.27. The maximum atomic E-state index is 13.4. The zero-order chi connectivity index (χ0) is 21.7. The summed E-state index contributed by atoms with van der Waals surface area (Å²) < 4.78 is 50.4. The fourth-order valence-electron chi connectivity index (χ4n) is 2.82. The van der Waals surface area contributed by atoms with Gasteiger partial charge in [-0.1, -0.05) is 17.7 Å². The molecule has 1 aliphatic rings. The van der Waals surface area contributed by atoms with Crippen LogP contribution >= 0.6 is 11.6 Å². The number of alkyl halides is 3. The predicted molar refractivity (Wildman–Crippen MR) is 104 cm³/mol. The van der Waals surface area contributed by atoms with E-state index < -0.39 is 23.7 Å². The molecule has 1 aliphatic heterocycles. The number of benzene rings is 1. The maximum Gasteiger partial charge on any atom is 0.437 e. The first-order valence-electron chi connectivity index (χ1n) is 9.23. The minimum absolute atomic E-state index is 0.192. The number of hydrogen-bond acceptors (Lipinski definition) is 6. The summed E-state index contributed by atoms with van der Waals surface area (Å²) in [7, 11) is 0. The van der Waals surface area contributed by atoms with Crippen LogP contribution in [0.15, 0.2) is 24.4 Å². The second kappa shape index (κ2) is 9.48. The molecule has 2 aromatic rings. The molecule has 0 spiro atoms. The van der Waals surface area contributed by atoms with Gasteiger partial charge in [0, 0.05) is 30.5 Å². The summed E-state index contributed by atoms with van der Waals surface area (Å²) >= 11 is 6.02. The van der Waals surface area contributed by atoms with E-state index in [2.05, 4.69) is 20.6 Å². The van der Waals surface area contributed by atoms with E-state index in [0.29, 0.717) is 23.9 Å². The molecule has 2 N–H and O–H groups in total. The molecule has 0 atom stereocenters. The average molecular weight is 445 g/mol.